The van der Waals surface area contributed by atoms with E-state index in [2.05, 4.69) is 10.2 Å². The standard InChI is InChI=1S/C27H31ClN4O3S/c1-2-17-36(34,35)32-15-13-31(14-16-32)19-20-3-10-24(11-4-20)30-27(33)22-7-5-21(6-8-22)25-18-23(29)9-12-26(25)28/h3-12,18H,2,13-17,19,29H2,1H3,(H,30,33). The van der Waals surface area contributed by atoms with Gasteiger partial charge in [0.1, 0.15) is 0 Å². The highest BCUT2D eigenvalue weighted by Gasteiger charge is 2.26. The predicted octanol–water partition coefficient (Wildman–Crippen LogP) is 4.70. The molecule has 4 rings (SSSR count). The highest BCUT2D eigenvalue weighted by Crippen LogP contribution is 2.30. The molecule has 190 valence electrons. The van der Waals surface area contributed by atoms with Gasteiger partial charge in [-0.3, -0.25) is 9.69 Å². The van der Waals surface area contributed by atoms with Crippen molar-refractivity contribution < 1.29 is 13.2 Å². The van der Waals surface area contributed by atoms with Crippen LogP contribution < -0.4 is 11.1 Å². The number of carbonyl (C=O) groups is 1. The zero-order chi connectivity index (χ0) is 25.7. The molecule has 0 spiro atoms. The molecule has 3 aromatic carbocycles. The van der Waals surface area contributed by atoms with Crippen LogP contribution in [0.3, 0.4) is 0 Å². The van der Waals surface area contributed by atoms with Crippen molar-refractivity contribution in [3.05, 3.63) is 82.9 Å². The minimum Gasteiger partial charge on any atom is -0.399 e. The number of nitrogens with one attached hydrogen (secondary N) is 1. The lowest BCUT2D eigenvalue weighted by molar-refractivity contribution is 0.102. The maximum absolute atomic E-state index is 12.7. The van der Waals surface area contributed by atoms with Crippen molar-refractivity contribution in [3.63, 3.8) is 0 Å². The molecule has 1 heterocycles. The molecule has 0 bridgehead atoms. The Morgan fingerprint density at radius 1 is 0.972 bits per heavy atom. The van der Waals surface area contributed by atoms with E-state index in [0.717, 1.165) is 23.2 Å². The average Bonchev–Trinajstić information content (AvgIpc) is 2.87. The number of piperazine rings is 1. The van der Waals surface area contributed by atoms with Crippen LogP contribution in [0.2, 0.25) is 5.02 Å². The molecule has 36 heavy (non-hydrogen) atoms. The van der Waals surface area contributed by atoms with Crippen molar-refractivity contribution in [2.45, 2.75) is 19.9 Å². The van der Waals surface area contributed by atoms with E-state index in [0.29, 0.717) is 54.6 Å². The summed E-state index contributed by atoms with van der Waals surface area (Å²) in [6, 6.07) is 20.3. The van der Waals surface area contributed by atoms with E-state index in [9.17, 15) is 13.2 Å². The number of nitrogens with zero attached hydrogens (tertiary/aromatic N) is 2. The number of carbonyl (C=O) groups excluding carboxylic acids is 1. The van der Waals surface area contributed by atoms with Gasteiger partial charge < -0.3 is 11.1 Å². The molecular weight excluding hydrogens is 496 g/mol. The van der Waals surface area contributed by atoms with Crippen LogP contribution in [-0.4, -0.2) is 55.5 Å². The van der Waals surface area contributed by atoms with Gasteiger partial charge in [-0.15, -0.1) is 0 Å². The monoisotopic (exact) mass is 526 g/mol. The number of hydrogen-bond donors (Lipinski definition) is 2. The van der Waals surface area contributed by atoms with Crippen LogP contribution in [0.15, 0.2) is 66.7 Å². The lowest BCUT2D eigenvalue weighted by Gasteiger charge is -2.34. The molecule has 1 aliphatic heterocycles. The van der Waals surface area contributed by atoms with Crippen LogP contribution in [0.25, 0.3) is 11.1 Å². The SMILES string of the molecule is CCCS(=O)(=O)N1CCN(Cc2ccc(NC(=O)c3ccc(-c4cc(N)ccc4Cl)cc3)cc2)CC1. The first-order valence-electron chi connectivity index (χ1n) is 12.0. The van der Waals surface area contributed by atoms with Gasteiger partial charge in [-0.25, -0.2) is 8.42 Å². The molecule has 0 saturated carbocycles. The first-order valence-corrected chi connectivity index (χ1v) is 14.0. The number of anilines is 2. The lowest BCUT2D eigenvalue weighted by Crippen LogP contribution is -2.48. The smallest absolute Gasteiger partial charge is 0.255 e. The Hall–Kier alpha value is -2.91. The van der Waals surface area contributed by atoms with E-state index >= 15 is 0 Å². The summed E-state index contributed by atoms with van der Waals surface area (Å²) in [5.41, 5.74) is 10.6. The summed E-state index contributed by atoms with van der Waals surface area (Å²) >= 11 is 6.29. The maximum atomic E-state index is 12.7. The molecule has 0 unspecified atom stereocenters. The van der Waals surface area contributed by atoms with Crippen LogP contribution in [-0.2, 0) is 16.6 Å². The fourth-order valence-electron chi connectivity index (χ4n) is 4.27. The molecule has 0 radical (unpaired) electrons. The molecule has 1 fully saturated rings. The summed E-state index contributed by atoms with van der Waals surface area (Å²) in [6.07, 6.45) is 0.634. The molecule has 9 heteroatoms. The molecule has 7 nitrogen and oxygen atoms in total. The average molecular weight is 527 g/mol. The minimum atomic E-state index is -3.13. The molecule has 0 aliphatic carbocycles. The minimum absolute atomic E-state index is 0.197. The van der Waals surface area contributed by atoms with Crippen molar-refractivity contribution in [2.24, 2.45) is 0 Å². The molecule has 3 aromatic rings. The van der Waals surface area contributed by atoms with E-state index in [1.165, 1.54) is 0 Å². The molecular formula is C27H31ClN4O3S. The van der Waals surface area contributed by atoms with Gasteiger partial charge in [-0.1, -0.05) is 42.8 Å². The Labute approximate surface area is 217 Å². The Balaban J connectivity index is 1.31. The summed E-state index contributed by atoms with van der Waals surface area (Å²) in [7, 11) is -3.13. The number of hydrogen-bond acceptors (Lipinski definition) is 5. The number of nitrogen functional groups attached to an aromatic ring is 1. The van der Waals surface area contributed by atoms with Crippen LogP contribution in [0.1, 0.15) is 29.3 Å². The Morgan fingerprint density at radius 2 is 1.64 bits per heavy atom. The van der Waals surface area contributed by atoms with Crippen LogP contribution >= 0.6 is 11.6 Å². The van der Waals surface area contributed by atoms with E-state index < -0.39 is 10.0 Å². The van der Waals surface area contributed by atoms with E-state index in [1.54, 1.807) is 28.6 Å². The zero-order valence-electron chi connectivity index (χ0n) is 20.3. The number of benzene rings is 3. The first kappa shape index (κ1) is 26.2. The number of sulfonamides is 1. The van der Waals surface area contributed by atoms with Gasteiger partial charge in [-0.2, -0.15) is 4.31 Å². The highest BCUT2D eigenvalue weighted by atomic mass is 35.5. The molecule has 0 atom stereocenters. The van der Waals surface area contributed by atoms with Crippen LogP contribution in [0.4, 0.5) is 11.4 Å². The second-order valence-corrected chi connectivity index (χ2v) is 11.5. The largest absolute Gasteiger partial charge is 0.399 e. The second-order valence-electron chi connectivity index (χ2n) is 8.96. The van der Waals surface area contributed by atoms with Gasteiger partial charge in [0.15, 0.2) is 0 Å². The Kier molecular flexibility index (Phi) is 8.31. The van der Waals surface area contributed by atoms with Gasteiger partial charge in [0.25, 0.3) is 5.91 Å². The van der Waals surface area contributed by atoms with E-state index in [4.69, 9.17) is 17.3 Å². The predicted molar refractivity (Wildman–Crippen MR) is 147 cm³/mol. The van der Waals surface area contributed by atoms with Crippen LogP contribution in [0, 0.1) is 0 Å². The third-order valence-electron chi connectivity index (χ3n) is 6.25. The lowest BCUT2D eigenvalue weighted by atomic mass is 10.0. The maximum Gasteiger partial charge on any atom is 0.255 e. The Morgan fingerprint density at radius 3 is 2.28 bits per heavy atom. The molecule has 3 N–H and O–H groups in total. The third-order valence-corrected chi connectivity index (χ3v) is 8.66. The number of rotatable bonds is 8. The molecule has 1 aliphatic rings. The molecule has 0 aromatic heterocycles. The van der Waals surface area contributed by atoms with E-state index in [-0.39, 0.29) is 11.7 Å². The van der Waals surface area contributed by atoms with Gasteiger partial charge >= 0.3 is 0 Å². The van der Waals surface area contributed by atoms with Gasteiger partial charge in [0.2, 0.25) is 10.0 Å². The third kappa shape index (κ3) is 6.44. The van der Waals surface area contributed by atoms with Gasteiger partial charge in [0.05, 0.1) is 5.75 Å². The van der Waals surface area contributed by atoms with Crippen LogP contribution in [0.5, 0.6) is 0 Å². The summed E-state index contributed by atoms with van der Waals surface area (Å²) < 4.78 is 26.1. The Bertz CT molecular complexity index is 1300. The van der Waals surface area contributed by atoms with Crippen molar-refractivity contribution in [1.82, 2.24) is 9.21 Å². The number of halogens is 1. The summed E-state index contributed by atoms with van der Waals surface area (Å²) in [6.45, 7) is 5.09. The second kappa shape index (κ2) is 11.4. The fraction of sp³-hybridized carbons (Fsp3) is 0.296. The van der Waals surface area contributed by atoms with Crippen molar-refractivity contribution in [2.75, 3.05) is 43.0 Å². The first-order chi connectivity index (χ1) is 17.2. The fourth-order valence-corrected chi connectivity index (χ4v) is 5.99. The van der Waals surface area contributed by atoms with E-state index in [1.807, 2.05) is 49.4 Å². The quantitative estimate of drug-likeness (QED) is 0.415. The summed E-state index contributed by atoms with van der Waals surface area (Å²) in [5, 5.41) is 3.53. The zero-order valence-corrected chi connectivity index (χ0v) is 21.9. The number of amides is 1. The molecule has 1 amide bonds. The highest BCUT2D eigenvalue weighted by molar-refractivity contribution is 7.89. The van der Waals surface area contributed by atoms with Crippen molar-refractivity contribution >= 4 is 38.9 Å². The van der Waals surface area contributed by atoms with Crippen molar-refractivity contribution in [1.29, 1.82) is 0 Å². The number of nitrogens with two attached hydrogens (primary N) is 1. The normalized spacial score (nSPS) is 15.1. The van der Waals surface area contributed by atoms with Gasteiger partial charge in [0, 0.05) is 60.2 Å². The molecule has 1 saturated heterocycles. The summed E-state index contributed by atoms with van der Waals surface area (Å²) in [4.78, 5) is 15.0. The van der Waals surface area contributed by atoms with Gasteiger partial charge in [-0.05, 0) is 60.0 Å². The van der Waals surface area contributed by atoms with Crippen molar-refractivity contribution in [3.8, 4) is 11.1 Å². The topological polar surface area (TPSA) is 95.7 Å². The summed E-state index contributed by atoms with van der Waals surface area (Å²) in [5.74, 6) is 0.0123.